The van der Waals surface area contributed by atoms with Gasteiger partial charge in [-0.15, -0.1) is 0 Å². The highest BCUT2D eigenvalue weighted by Crippen LogP contribution is 2.36. The van der Waals surface area contributed by atoms with Gasteiger partial charge < -0.3 is 10.1 Å². The van der Waals surface area contributed by atoms with Gasteiger partial charge in [-0.2, -0.15) is 17.5 Å². The maximum absolute atomic E-state index is 13.0. The normalized spacial score (nSPS) is 17.5. The first kappa shape index (κ1) is 16.9. The van der Waals surface area contributed by atoms with Crippen LogP contribution in [0.2, 0.25) is 0 Å². The number of aromatic nitrogens is 1. The number of carbonyl (C=O) groups excluding carboxylic acids is 1. The fourth-order valence-corrected chi connectivity index (χ4v) is 3.32. The van der Waals surface area contributed by atoms with E-state index in [1.807, 2.05) is 0 Å². The van der Waals surface area contributed by atoms with Crippen molar-refractivity contribution in [1.82, 2.24) is 9.69 Å². The highest BCUT2D eigenvalue weighted by Gasteiger charge is 2.38. The van der Waals surface area contributed by atoms with E-state index in [1.54, 1.807) is 17.5 Å². The van der Waals surface area contributed by atoms with Gasteiger partial charge in [0.05, 0.1) is 11.1 Å². The van der Waals surface area contributed by atoms with Crippen molar-refractivity contribution < 1.29 is 22.7 Å². The molecule has 1 aliphatic heterocycles. The standard InChI is InChI=1S/C16H15F3N2O2S/c17-16(18,19)12-3-1-2-11(10-12)15(5-7-23-8-6-15)20-14(22)13-4-9-24-21-13/h1-4,9-10H,5-8H2,(H,20,22). The molecule has 1 amide bonds. The van der Waals surface area contributed by atoms with E-state index in [0.29, 0.717) is 31.6 Å². The number of hydrogen-bond donors (Lipinski definition) is 1. The van der Waals surface area contributed by atoms with Crippen molar-refractivity contribution in [2.45, 2.75) is 24.6 Å². The Bertz CT molecular complexity index is 710. The Labute approximate surface area is 140 Å². The Morgan fingerprint density at radius 2 is 2.00 bits per heavy atom. The van der Waals surface area contributed by atoms with Crippen LogP contribution >= 0.6 is 11.5 Å². The van der Waals surface area contributed by atoms with Crippen LogP contribution < -0.4 is 5.32 Å². The van der Waals surface area contributed by atoms with Crippen LogP contribution in [0.4, 0.5) is 13.2 Å². The summed E-state index contributed by atoms with van der Waals surface area (Å²) in [7, 11) is 0. The van der Waals surface area contributed by atoms with Crippen molar-refractivity contribution in [2.75, 3.05) is 13.2 Å². The van der Waals surface area contributed by atoms with Crippen LogP contribution in [-0.2, 0) is 16.5 Å². The summed E-state index contributed by atoms with van der Waals surface area (Å²) in [4.78, 5) is 12.4. The zero-order valence-corrected chi connectivity index (χ0v) is 13.4. The number of alkyl halides is 3. The van der Waals surface area contributed by atoms with Crippen molar-refractivity contribution >= 4 is 17.4 Å². The third-order valence-electron chi connectivity index (χ3n) is 4.11. The topological polar surface area (TPSA) is 51.2 Å². The molecule has 1 aliphatic rings. The smallest absolute Gasteiger partial charge is 0.381 e. The lowest BCUT2D eigenvalue weighted by molar-refractivity contribution is -0.137. The second-order valence-electron chi connectivity index (χ2n) is 5.61. The first-order valence-corrected chi connectivity index (χ1v) is 8.23. The highest BCUT2D eigenvalue weighted by atomic mass is 32.1. The van der Waals surface area contributed by atoms with Crippen LogP contribution in [0.1, 0.15) is 34.5 Å². The fourth-order valence-electron chi connectivity index (χ4n) is 2.81. The Morgan fingerprint density at radius 3 is 2.62 bits per heavy atom. The summed E-state index contributed by atoms with van der Waals surface area (Å²) >= 11 is 1.15. The van der Waals surface area contributed by atoms with E-state index >= 15 is 0 Å². The summed E-state index contributed by atoms with van der Waals surface area (Å²) in [5.41, 5.74) is -0.920. The maximum atomic E-state index is 13.0. The molecule has 2 aromatic rings. The van der Waals surface area contributed by atoms with Gasteiger partial charge in [0.15, 0.2) is 0 Å². The number of nitrogens with one attached hydrogen (secondary N) is 1. The predicted molar refractivity (Wildman–Crippen MR) is 82.8 cm³/mol. The van der Waals surface area contributed by atoms with Crippen molar-refractivity contribution in [1.29, 1.82) is 0 Å². The average Bonchev–Trinajstić information content (AvgIpc) is 3.10. The zero-order valence-electron chi connectivity index (χ0n) is 12.6. The van der Waals surface area contributed by atoms with E-state index in [-0.39, 0.29) is 5.69 Å². The Kier molecular flexibility index (Phi) is 4.60. The quantitative estimate of drug-likeness (QED) is 0.914. The second kappa shape index (κ2) is 6.52. The number of halogens is 3. The summed E-state index contributed by atoms with van der Waals surface area (Å²) in [5.74, 6) is -0.393. The van der Waals surface area contributed by atoms with Crippen molar-refractivity contribution in [3.8, 4) is 0 Å². The lowest BCUT2D eigenvalue weighted by atomic mass is 9.81. The summed E-state index contributed by atoms with van der Waals surface area (Å²) in [5, 5.41) is 4.56. The van der Waals surface area contributed by atoms with Crippen molar-refractivity contribution in [2.24, 2.45) is 0 Å². The number of rotatable bonds is 3. The molecule has 128 valence electrons. The monoisotopic (exact) mass is 356 g/mol. The van der Waals surface area contributed by atoms with E-state index < -0.39 is 23.2 Å². The molecular formula is C16H15F3N2O2S. The minimum absolute atomic E-state index is 0.262. The van der Waals surface area contributed by atoms with Crippen LogP contribution in [0.15, 0.2) is 35.7 Å². The Morgan fingerprint density at radius 1 is 1.25 bits per heavy atom. The number of benzene rings is 1. The zero-order chi connectivity index (χ0) is 17.2. The molecule has 24 heavy (non-hydrogen) atoms. The summed E-state index contributed by atoms with van der Waals surface area (Å²) in [6.07, 6.45) is -3.62. The van der Waals surface area contributed by atoms with Gasteiger partial charge in [0.2, 0.25) is 0 Å². The van der Waals surface area contributed by atoms with Gasteiger partial charge in [-0.25, -0.2) is 0 Å². The first-order chi connectivity index (χ1) is 11.4. The summed E-state index contributed by atoms with van der Waals surface area (Å²) < 4.78 is 48.4. The average molecular weight is 356 g/mol. The molecular weight excluding hydrogens is 341 g/mol. The molecule has 4 nitrogen and oxygen atoms in total. The van der Waals surface area contributed by atoms with E-state index in [4.69, 9.17) is 4.74 Å². The van der Waals surface area contributed by atoms with Crippen LogP contribution in [0.3, 0.4) is 0 Å². The Hall–Kier alpha value is -1.93. The van der Waals surface area contributed by atoms with Crippen LogP contribution in [0.25, 0.3) is 0 Å². The molecule has 0 aliphatic carbocycles. The SMILES string of the molecule is O=C(NC1(c2cccc(C(F)(F)F)c2)CCOCC1)c1ccsn1. The van der Waals surface area contributed by atoms with E-state index in [9.17, 15) is 18.0 Å². The predicted octanol–water partition coefficient (Wildman–Crippen LogP) is 3.60. The van der Waals surface area contributed by atoms with Gasteiger partial charge in [-0.3, -0.25) is 4.79 Å². The molecule has 0 atom stereocenters. The molecule has 0 unspecified atom stereocenters. The van der Waals surface area contributed by atoms with Gasteiger partial charge in [0.1, 0.15) is 5.69 Å². The third-order valence-corrected chi connectivity index (χ3v) is 4.67. The molecule has 0 radical (unpaired) electrons. The van der Waals surface area contributed by atoms with Gasteiger partial charge in [0, 0.05) is 18.6 Å². The number of ether oxygens (including phenoxy) is 1. The molecule has 1 aromatic carbocycles. The number of hydrogen-bond acceptors (Lipinski definition) is 4. The van der Waals surface area contributed by atoms with E-state index in [0.717, 1.165) is 23.7 Å². The molecule has 2 heterocycles. The van der Waals surface area contributed by atoms with Crippen molar-refractivity contribution in [3.63, 3.8) is 0 Å². The lowest BCUT2D eigenvalue weighted by Gasteiger charge is -2.38. The molecule has 1 aromatic heterocycles. The Balaban J connectivity index is 1.95. The van der Waals surface area contributed by atoms with Gasteiger partial charge in [-0.05, 0) is 48.1 Å². The fraction of sp³-hybridized carbons (Fsp3) is 0.375. The molecule has 1 fully saturated rings. The lowest BCUT2D eigenvalue weighted by Crippen LogP contribution is -2.49. The molecule has 3 rings (SSSR count). The van der Waals surface area contributed by atoms with Crippen LogP contribution in [0.5, 0.6) is 0 Å². The van der Waals surface area contributed by atoms with Gasteiger partial charge in [0.25, 0.3) is 5.91 Å². The molecule has 0 spiro atoms. The van der Waals surface area contributed by atoms with E-state index in [2.05, 4.69) is 9.69 Å². The molecule has 0 bridgehead atoms. The minimum Gasteiger partial charge on any atom is -0.381 e. The molecule has 1 saturated heterocycles. The highest BCUT2D eigenvalue weighted by molar-refractivity contribution is 7.03. The minimum atomic E-state index is -4.43. The number of nitrogens with zero attached hydrogens (tertiary/aromatic N) is 1. The van der Waals surface area contributed by atoms with Crippen LogP contribution in [0, 0.1) is 0 Å². The largest absolute Gasteiger partial charge is 0.416 e. The number of amides is 1. The maximum Gasteiger partial charge on any atom is 0.416 e. The molecule has 1 N–H and O–H groups in total. The van der Waals surface area contributed by atoms with Crippen LogP contribution in [-0.4, -0.2) is 23.5 Å². The number of carbonyl (C=O) groups is 1. The third kappa shape index (κ3) is 3.44. The van der Waals surface area contributed by atoms with Crippen molar-refractivity contribution in [3.05, 3.63) is 52.5 Å². The second-order valence-corrected chi connectivity index (χ2v) is 6.28. The molecule has 8 heteroatoms. The molecule has 0 saturated carbocycles. The van der Waals surface area contributed by atoms with Gasteiger partial charge in [-0.1, -0.05) is 12.1 Å². The van der Waals surface area contributed by atoms with E-state index in [1.165, 1.54) is 6.07 Å². The first-order valence-electron chi connectivity index (χ1n) is 7.39. The summed E-state index contributed by atoms with van der Waals surface area (Å²) in [6, 6.07) is 6.69. The summed E-state index contributed by atoms with van der Waals surface area (Å²) in [6.45, 7) is 0.737. The van der Waals surface area contributed by atoms with Gasteiger partial charge >= 0.3 is 6.18 Å².